The summed E-state index contributed by atoms with van der Waals surface area (Å²) in [6, 6.07) is 0. The Hall–Kier alpha value is -1.69. The molecule has 0 bridgehead atoms. The summed E-state index contributed by atoms with van der Waals surface area (Å²) in [7, 11) is 1.65. The predicted octanol–water partition coefficient (Wildman–Crippen LogP) is 1.55. The number of hydrogen-bond donors (Lipinski definition) is 1. The first-order valence-corrected chi connectivity index (χ1v) is 7.15. The summed E-state index contributed by atoms with van der Waals surface area (Å²) >= 11 is 0. The molecule has 1 aliphatic heterocycles. The maximum absolute atomic E-state index is 12.3. The molecule has 0 atom stereocenters. The van der Waals surface area contributed by atoms with Gasteiger partial charge in [0.15, 0.2) is 0 Å². The first-order valence-electron chi connectivity index (χ1n) is 7.15. The van der Waals surface area contributed by atoms with Gasteiger partial charge in [0.2, 0.25) is 0 Å². The van der Waals surface area contributed by atoms with E-state index in [0.717, 1.165) is 25.9 Å². The molecule has 1 fully saturated rings. The molecule has 6 heteroatoms. The molecule has 2 rings (SSSR count). The van der Waals surface area contributed by atoms with E-state index in [-0.39, 0.29) is 5.91 Å². The molecule has 1 amide bonds. The number of carbonyl (C=O) groups excluding carboxylic acids is 1. The van der Waals surface area contributed by atoms with Crippen molar-refractivity contribution in [2.45, 2.75) is 25.7 Å². The summed E-state index contributed by atoms with van der Waals surface area (Å²) in [5.41, 5.74) is 0.421. The SMILES string of the molecule is COCCNc1cnc(C(=O)N2CCCCCC2)cn1. The van der Waals surface area contributed by atoms with E-state index < -0.39 is 0 Å². The van der Waals surface area contributed by atoms with Crippen LogP contribution in [0.25, 0.3) is 0 Å². The Bertz CT molecular complexity index is 414. The van der Waals surface area contributed by atoms with Gasteiger partial charge in [-0.1, -0.05) is 12.8 Å². The summed E-state index contributed by atoms with van der Waals surface area (Å²) in [5.74, 6) is 0.650. The topological polar surface area (TPSA) is 67.3 Å². The molecule has 0 aromatic carbocycles. The third-order valence-electron chi connectivity index (χ3n) is 3.38. The lowest BCUT2D eigenvalue weighted by Crippen LogP contribution is -2.32. The second kappa shape index (κ2) is 7.79. The first-order chi connectivity index (χ1) is 9.81. The molecule has 6 nitrogen and oxygen atoms in total. The van der Waals surface area contributed by atoms with Crippen LogP contribution in [0, 0.1) is 0 Å². The van der Waals surface area contributed by atoms with Gasteiger partial charge in [0.1, 0.15) is 11.5 Å². The molecule has 1 saturated heterocycles. The minimum atomic E-state index is -0.0113. The fourth-order valence-corrected chi connectivity index (χ4v) is 2.25. The average molecular weight is 278 g/mol. The summed E-state index contributed by atoms with van der Waals surface area (Å²) < 4.78 is 4.95. The molecule has 20 heavy (non-hydrogen) atoms. The molecule has 2 heterocycles. The summed E-state index contributed by atoms with van der Waals surface area (Å²) in [4.78, 5) is 22.6. The number of nitrogens with zero attached hydrogens (tertiary/aromatic N) is 3. The van der Waals surface area contributed by atoms with Gasteiger partial charge in [-0.15, -0.1) is 0 Å². The Morgan fingerprint density at radius 3 is 2.60 bits per heavy atom. The van der Waals surface area contributed by atoms with Crippen LogP contribution in [-0.4, -0.2) is 54.1 Å². The van der Waals surface area contributed by atoms with Crippen molar-refractivity contribution in [2.24, 2.45) is 0 Å². The van der Waals surface area contributed by atoms with Crippen LogP contribution in [0.15, 0.2) is 12.4 Å². The van der Waals surface area contributed by atoms with Gasteiger partial charge in [-0.3, -0.25) is 4.79 Å². The lowest BCUT2D eigenvalue weighted by Gasteiger charge is -2.19. The normalized spacial score (nSPS) is 15.8. The Morgan fingerprint density at radius 1 is 1.25 bits per heavy atom. The summed E-state index contributed by atoms with van der Waals surface area (Å²) in [5, 5.41) is 3.08. The highest BCUT2D eigenvalue weighted by molar-refractivity contribution is 5.92. The van der Waals surface area contributed by atoms with E-state index in [9.17, 15) is 4.79 Å². The van der Waals surface area contributed by atoms with E-state index in [2.05, 4.69) is 15.3 Å². The van der Waals surface area contributed by atoms with Gasteiger partial charge < -0.3 is 15.0 Å². The molecular weight excluding hydrogens is 256 g/mol. The zero-order valence-electron chi connectivity index (χ0n) is 12.0. The van der Waals surface area contributed by atoms with Crippen molar-refractivity contribution in [1.29, 1.82) is 0 Å². The molecule has 110 valence electrons. The lowest BCUT2D eigenvalue weighted by atomic mass is 10.2. The minimum absolute atomic E-state index is 0.0113. The smallest absolute Gasteiger partial charge is 0.274 e. The van der Waals surface area contributed by atoms with E-state index in [1.54, 1.807) is 19.5 Å². The molecule has 1 aliphatic rings. The zero-order valence-corrected chi connectivity index (χ0v) is 12.0. The van der Waals surface area contributed by atoms with Gasteiger partial charge in [0, 0.05) is 26.7 Å². The molecule has 0 unspecified atom stereocenters. The third kappa shape index (κ3) is 4.16. The van der Waals surface area contributed by atoms with E-state index in [1.165, 1.54) is 12.8 Å². The molecule has 0 radical (unpaired) electrons. The number of methoxy groups -OCH3 is 1. The largest absolute Gasteiger partial charge is 0.383 e. The number of carbonyl (C=O) groups is 1. The van der Waals surface area contributed by atoms with Gasteiger partial charge in [-0.05, 0) is 12.8 Å². The van der Waals surface area contributed by atoms with Crippen LogP contribution in [0.2, 0.25) is 0 Å². The maximum atomic E-state index is 12.3. The van der Waals surface area contributed by atoms with Gasteiger partial charge in [0.05, 0.1) is 19.0 Å². The lowest BCUT2D eigenvalue weighted by molar-refractivity contribution is 0.0755. The van der Waals surface area contributed by atoms with Gasteiger partial charge in [-0.25, -0.2) is 9.97 Å². The van der Waals surface area contributed by atoms with Crippen LogP contribution in [-0.2, 0) is 4.74 Å². The number of aromatic nitrogens is 2. The van der Waals surface area contributed by atoms with Crippen LogP contribution in [0.5, 0.6) is 0 Å². The first kappa shape index (κ1) is 14.7. The number of ether oxygens (including phenoxy) is 1. The highest BCUT2D eigenvalue weighted by Crippen LogP contribution is 2.12. The highest BCUT2D eigenvalue weighted by atomic mass is 16.5. The highest BCUT2D eigenvalue weighted by Gasteiger charge is 2.18. The Balaban J connectivity index is 1.92. The Morgan fingerprint density at radius 2 is 2.00 bits per heavy atom. The van der Waals surface area contributed by atoms with Gasteiger partial charge >= 0.3 is 0 Å². The second-order valence-corrected chi connectivity index (χ2v) is 4.91. The van der Waals surface area contributed by atoms with Gasteiger partial charge in [-0.2, -0.15) is 0 Å². The molecule has 0 spiro atoms. The van der Waals surface area contributed by atoms with Crippen molar-refractivity contribution in [3.05, 3.63) is 18.1 Å². The van der Waals surface area contributed by atoms with Crippen LogP contribution in [0.1, 0.15) is 36.2 Å². The fourth-order valence-electron chi connectivity index (χ4n) is 2.25. The van der Waals surface area contributed by atoms with Crippen LogP contribution in [0.3, 0.4) is 0 Å². The van der Waals surface area contributed by atoms with Crippen LogP contribution < -0.4 is 5.32 Å². The second-order valence-electron chi connectivity index (χ2n) is 4.91. The predicted molar refractivity (Wildman–Crippen MR) is 76.8 cm³/mol. The van der Waals surface area contributed by atoms with Crippen molar-refractivity contribution >= 4 is 11.7 Å². The zero-order chi connectivity index (χ0) is 14.2. The Labute approximate surface area is 119 Å². The molecular formula is C14H22N4O2. The molecule has 1 aromatic rings. The molecule has 0 aliphatic carbocycles. The number of rotatable bonds is 5. The van der Waals surface area contributed by atoms with Crippen molar-refractivity contribution in [3.63, 3.8) is 0 Å². The standard InChI is InChI=1S/C14H22N4O2/c1-20-9-6-15-13-11-16-12(10-17-13)14(19)18-7-4-2-3-5-8-18/h10-11H,2-9H2,1H3,(H,15,17). The van der Waals surface area contributed by atoms with E-state index >= 15 is 0 Å². The van der Waals surface area contributed by atoms with E-state index in [4.69, 9.17) is 4.74 Å². The monoisotopic (exact) mass is 278 g/mol. The minimum Gasteiger partial charge on any atom is -0.383 e. The van der Waals surface area contributed by atoms with Crippen LogP contribution in [0.4, 0.5) is 5.82 Å². The number of nitrogens with one attached hydrogen (secondary N) is 1. The number of amides is 1. The summed E-state index contributed by atoms with van der Waals surface area (Å²) in [6.07, 6.45) is 7.71. The number of hydrogen-bond acceptors (Lipinski definition) is 5. The van der Waals surface area contributed by atoms with Crippen molar-refractivity contribution in [1.82, 2.24) is 14.9 Å². The van der Waals surface area contributed by atoms with Gasteiger partial charge in [0.25, 0.3) is 5.91 Å². The molecule has 0 saturated carbocycles. The third-order valence-corrected chi connectivity index (χ3v) is 3.38. The van der Waals surface area contributed by atoms with E-state index in [1.807, 2.05) is 4.90 Å². The quantitative estimate of drug-likeness (QED) is 0.828. The number of likely N-dealkylation sites (tertiary alicyclic amines) is 1. The van der Waals surface area contributed by atoms with Crippen LogP contribution >= 0.6 is 0 Å². The van der Waals surface area contributed by atoms with Crippen molar-refractivity contribution < 1.29 is 9.53 Å². The summed E-state index contributed by atoms with van der Waals surface area (Å²) in [6.45, 7) is 2.93. The van der Waals surface area contributed by atoms with Crippen molar-refractivity contribution in [3.8, 4) is 0 Å². The molecule has 1 N–H and O–H groups in total. The maximum Gasteiger partial charge on any atom is 0.274 e. The number of anilines is 1. The Kier molecular flexibility index (Phi) is 5.73. The molecule has 1 aromatic heterocycles. The van der Waals surface area contributed by atoms with E-state index in [0.29, 0.717) is 24.7 Å². The fraction of sp³-hybridized carbons (Fsp3) is 0.643. The van der Waals surface area contributed by atoms with Crippen molar-refractivity contribution in [2.75, 3.05) is 38.7 Å². The average Bonchev–Trinajstić information content (AvgIpc) is 2.77.